The number of carbonyl (C=O) groups is 2. The summed E-state index contributed by atoms with van der Waals surface area (Å²) in [6.45, 7) is -0.153. The number of carbonyl (C=O) groups excluding carboxylic acids is 2. The number of para-hydroxylation sites is 1. The molecule has 7 heteroatoms. The van der Waals surface area contributed by atoms with Gasteiger partial charge in [0, 0.05) is 5.56 Å². The average molecular weight is 436 g/mol. The molecule has 0 bridgehead atoms. The molecule has 0 saturated heterocycles. The molecule has 0 atom stereocenters. The molecule has 0 amide bonds. The fourth-order valence-electron chi connectivity index (χ4n) is 3.03. The highest BCUT2D eigenvalue weighted by molar-refractivity contribution is 6.00. The number of rotatable bonds is 10. The van der Waals surface area contributed by atoms with E-state index in [-0.39, 0.29) is 11.1 Å². The smallest absolute Gasteiger partial charge is 0.342 e. The van der Waals surface area contributed by atoms with Crippen molar-refractivity contribution in [3.63, 3.8) is 0 Å². The van der Waals surface area contributed by atoms with Gasteiger partial charge in [0.05, 0.1) is 21.3 Å². The lowest BCUT2D eigenvalue weighted by Crippen LogP contribution is -2.15. The van der Waals surface area contributed by atoms with Crippen LogP contribution in [0, 0.1) is 0 Å². The maximum atomic E-state index is 12.7. The predicted octanol–water partition coefficient (Wildman–Crippen LogP) is 4.33. The molecule has 0 aliphatic rings. The Hall–Kier alpha value is -4.00. The zero-order valence-electron chi connectivity index (χ0n) is 18.1. The van der Waals surface area contributed by atoms with Gasteiger partial charge in [0.1, 0.15) is 17.9 Å². The summed E-state index contributed by atoms with van der Waals surface area (Å²) in [5.74, 6) is 0.340. The van der Waals surface area contributed by atoms with Crippen LogP contribution in [0.2, 0.25) is 0 Å². The van der Waals surface area contributed by atoms with E-state index in [9.17, 15) is 9.59 Å². The number of benzene rings is 3. The molecule has 0 aliphatic carbocycles. The van der Waals surface area contributed by atoms with E-state index in [1.165, 1.54) is 33.5 Å². The highest BCUT2D eigenvalue weighted by Crippen LogP contribution is 2.38. The highest BCUT2D eigenvalue weighted by atomic mass is 16.5. The van der Waals surface area contributed by atoms with Crippen molar-refractivity contribution in [2.24, 2.45) is 0 Å². The summed E-state index contributed by atoms with van der Waals surface area (Å²) < 4.78 is 26.8. The zero-order valence-corrected chi connectivity index (χ0v) is 18.1. The van der Waals surface area contributed by atoms with Gasteiger partial charge in [-0.05, 0) is 29.8 Å². The van der Waals surface area contributed by atoms with Crippen LogP contribution in [-0.2, 0) is 11.3 Å². The first-order chi connectivity index (χ1) is 15.6. The SMILES string of the molecule is COc1cc(C(=O)COC(=O)c2ccccc2OCc2ccccc2)cc(OC)c1OC. The van der Waals surface area contributed by atoms with Gasteiger partial charge in [-0.25, -0.2) is 4.79 Å². The Morgan fingerprint density at radius 2 is 1.38 bits per heavy atom. The fourth-order valence-corrected chi connectivity index (χ4v) is 3.03. The van der Waals surface area contributed by atoms with Crippen LogP contribution < -0.4 is 18.9 Å². The number of esters is 1. The number of hydrogen-bond donors (Lipinski definition) is 0. The first-order valence-electron chi connectivity index (χ1n) is 9.83. The van der Waals surface area contributed by atoms with Gasteiger partial charge in [-0.2, -0.15) is 0 Å². The second kappa shape index (κ2) is 10.9. The van der Waals surface area contributed by atoms with Gasteiger partial charge in [-0.3, -0.25) is 4.79 Å². The van der Waals surface area contributed by atoms with Gasteiger partial charge in [0.25, 0.3) is 0 Å². The third kappa shape index (κ3) is 5.37. The Morgan fingerprint density at radius 1 is 0.750 bits per heavy atom. The molecule has 32 heavy (non-hydrogen) atoms. The molecule has 3 aromatic carbocycles. The van der Waals surface area contributed by atoms with E-state index in [0.29, 0.717) is 29.6 Å². The second-order valence-corrected chi connectivity index (χ2v) is 6.68. The van der Waals surface area contributed by atoms with Crippen molar-refractivity contribution in [3.05, 3.63) is 83.4 Å². The minimum absolute atomic E-state index is 0.237. The van der Waals surface area contributed by atoms with Gasteiger partial charge in [-0.1, -0.05) is 42.5 Å². The minimum Gasteiger partial charge on any atom is -0.493 e. The molecule has 0 saturated carbocycles. The van der Waals surface area contributed by atoms with Crippen LogP contribution >= 0.6 is 0 Å². The second-order valence-electron chi connectivity index (χ2n) is 6.68. The number of ether oxygens (including phenoxy) is 5. The van der Waals surface area contributed by atoms with Crippen molar-refractivity contribution < 1.29 is 33.3 Å². The standard InChI is InChI=1S/C25H24O7/c1-28-22-13-18(14-23(29-2)24(22)30-3)20(26)16-32-25(27)19-11-7-8-12-21(19)31-15-17-9-5-4-6-10-17/h4-14H,15-16H2,1-3H3. The Bertz CT molecular complexity index is 1050. The number of methoxy groups -OCH3 is 3. The Labute approximate surface area is 186 Å². The maximum absolute atomic E-state index is 12.7. The van der Waals surface area contributed by atoms with E-state index >= 15 is 0 Å². The maximum Gasteiger partial charge on any atom is 0.342 e. The summed E-state index contributed by atoms with van der Waals surface area (Å²) in [6.07, 6.45) is 0. The molecule has 0 N–H and O–H groups in total. The molecular formula is C25H24O7. The van der Waals surface area contributed by atoms with E-state index in [0.717, 1.165) is 5.56 Å². The zero-order chi connectivity index (χ0) is 22.9. The van der Waals surface area contributed by atoms with E-state index in [2.05, 4.69) is 0 Å². The molecule has 0 aromatic heterocycles. The first kappa shape index (κ1) is 22.7. The van der Waals surface area contributed by atoms with Crippen molar-refractivity contribution in [2.45, 2.75) is 6.61 Å². The first-order valence-corrected chi connectivity index (χ1v) is 9.83. The quantitative estimate of drug-likeness (QED) is 0.346. The summed E-state index contributed by atoms with van der Waals surface area (Å²) in [5.41, 5.74) is 1.47. The lowest BCUT2D eigenvalue weighted by Gasteiger charge is -2.14. The molecule has 7 nitrogen and oxygen atoms in total. The predicted molar refractivity (Wildman–Crippen MR) is 118 cm³/mol. The normalized spacial score (nSPS) is 10.2. The summed E-state index contributed by atoms with van der Waals surface area (Å²) in [6, 6.07) is 19.3. The van der Waals surface area contributed by atoms with Crippen molar-refractivity contribution in [3.8, 4) is 23.0 Å². The Morgan fingerprint density at radius 3 is 2.00 bits per heavy atom. The lowest BCUT2D eigenvalue weighted by atomic mass is 10.1. The summed E-state index contributed by atoms with van der Waals surface area (Å²) >= 11 is 0. The summed E-state index contributed by atoms with van der Waals surface area (Å²) in [5, 5.41) is 0. The van der Waals surface area contributed by atoms with Gasteiger partial charge in [0.15, 0.2) is 18.1 Å². The highest BCUT2D eigenvalue weighted by Gasteiger charge is 2.20. The van der Waals surface area contributed by atoms with Crippen LogP contribution in [0.15, 0.2) is 66.7 Å². The van der Waals surface area contributed by atoms with E-state index in [1.807, 2.05) is 30.3 Å². The van der Waals surface area contributed by atoms with Crippen LogP contribution in [0.4, 0.5) is 0 Å². The molecule has 3 rings (SSSR count). The number of Topliss-reactive ketones (excluding diaryl/α,β-unsaturated/α-hetero) is 1. The Balaban J connectivity index is 1.69. The van der Waals surface area contributed by atoms with Gasteiger partial charge < -0.3 is 23.7 Å². The van der Waals surface area contributed by atoms with Crippen LogP contribution in [0.1, 0.15) is 26.3 Å². The molecule has 166 valence electrons. The van der Waals surface area contributed by atoms with Gasteiger partial charge >= 0.3 is 5.97 Å². The third-order valence-electron chi connectivity index (χ3n) is 4.67. The monoisotopic (exact) mass is 436 g/mol. The Kier molecular flexibility index (Phi) is 7.70. The molecule has 0 fully saturated rings. The molecule has 0 aliphatic heterocycles. The topological polar surface area (TPSA) is 80.3 Å². The van der Waals surface area contributed by atoms with Crippen molar-refractivity contribution in [2.75, 3.05) is 27.9 Å². The average Bonchev–Trinajstić information content (AvgIpc) is 2.85. The fraction of sp³-hybridized carbons (Fsp3) is 0.200. The molecular weight excluding hydrogens is 412 g/mol. The van der Waals surface area contributed by atoms with E-state index in [4.69, 9.17) is 23.7 Å². The largest absolute Gasteiger partial charge is 0.493 e. The van der Waals surface area contributed by atoms with Crippen molar-refractivity contribution >= 4 is 11.8 Å². The molecule has 3 aromatic rings. The molecule has 0 radical (unpaired) electrons. The summed E-state index contributed by atoms with van der Waals surface area (Å²) in [7, 11) is 4.39. The van der Waals surface area contributed by atoms with Gasteiger partial charge in [0.2, 0.25) is 11.5 Å². The van der Waals surface area contributed by atoms with Crippen molar-refractivity contribution in [1.29, 1.82) is 0 Å². The third-order valence-corrected chi connectivity index (χ3v) is 4.67. The number of hydrogen-bond acceptors (Lipinski definition) is 7. The van der Waals surface area contributed by atoms with E-state index < -0.39 is 18.4 Å². The lowest BCUT2D eigenvalue weighted by molar-refractivity contribution is 0.0470. The van der Waals surface area contributed by atoms with E-state index in [1.54, 1.807) is 24.3 Å². The van der Waals surface area contributed by atoms with Gasteiger partial charge in [-0.15, -0.1) is 0 Å². The molecule has 0 spiro atoms. The van der Waals surface area contributed by atoms with Crippen LogP contribution in [0.25, 0.3) is 0 Å². The van der Waals surface area contributed by atoms with Crippen LogP contribution in [0.3, 0.4) is 0 Å². The van der Waals surface area contributed by atoms with Crippen molar-refractivity contribution in [1.82, 2.24) is 0 Å². The van der Waals surface area contributed by atoms with Crippen LogP contribution in [0.5, 0.6) is 23.0 Å². The van der Waals surface area contributed by atoms with Crippen LogP contribution in [-0.4, -0.2) is 39.7 Å². The minimum atomic E-state index is -0.658. The number of ketones is 1. The molecule has 0 unspecified atom stereocenters. The summed E-state index contributed by atoms with van der Waals surface area (Å²) in [4.78, 5) is 25.3. The molecule has 0 heterocycles.